The lowest BCUT2D eigenvalue weighted by molar-refractivity contribution is -0.154. The molecule has 164 valence electrons. The molecule has 1 rings (SSSR count). The van der Waals surface area contributed by atoms with E-state index in [1.807, 2.05) is 13.8 Å². The van der Waals surface area contributed by atoms with E-state index in [1.54, 1.807) is 18.7 Å². The van der Waals surface area contributed by atoms with Crippen molar-refractivity contribution in [3.63, 3.8) is 0 Å². The lowest BCUT2D eigenvalue weighted by atomic mass is 10.1. The highest BCUT2D eigenvalue weighted by atomic mass is 32.2. The summed E-state index contributed by atoms with van der Waals surface area (Å²) in [5, 5.41) is 0.566. The monoisotopic (exact) mass is 436 g/mol. The lowest BCUT2D eigenvalue weighted by Gasteiger charge is -2.40. The van der Waals surface area contributed by atoms with Gasteiger partial charge in [-0.25, -0.2) is 0 Å². The Labute approximate surface area is 179 Å². The van der Waals surface area contributed by atoms with Gasteiger partial charge in [-0.1, -0.05) is 6.92 Å². The molecule has 0 N–H and O–H groups in total. The van der Waals surface area contributed by atoms with Crippen LogP contribution in [0.25, 0.3) is 0 Å². The summed E-state index contributed by atoms with van der Waals surface area (Å²) in [6.45, 7) is 11.6. The highest BCUT2D eigenvalue weighted by molar-refractivity contribution is 8.01. The topological polar surface area (TPSA) is 78.9 Å². The third kappa shape index (κ3) is 12.7. The number of thiol groups is 1. The number of esters is 2. The third-order valence-corrected chi connectivity index (χ3v) is 5.81. The Hall–Kier alpha value is -0.730. The van der Waals surface area contributed by atoms with Crippen LogP contribution in [0.2, 0.25) is 0 Å². The smallest absolute Gasteiger partial charge is 0.313 e. The summed E-state index contributed by atoms with van der Waals surface area (Å²) in [5.41, 5.74) is 0. The average Bonchev–Trinajstić information content (AvgIpc) is 2.53. The van der Waals surface area contributed by atoms with Gasteiger partial charge in [-0.3, -0.25) is 14.4 Å². The SMILES string of the molecule is CCC1CC(C)OC(C)(CC(=O)OC(C)CCS)S1.CCOC(=O)CC(C)=O. The zero-order valence-electron chi connectivity index (χ0n) is 18.0. The molecule has 4 atom stereocenters. The molecule has 0 bridgehead atoms. The third-order valence-electron chi connectivity index (χ3n) is 3.95. The van der Waals surface area contributed by atoms with E-state index < -0.39 is 10.9 Å². The van der Waals surface area contributed by atoms with Crippen molar-refractivity contribution in [2.45, 2.75) is 96.0 Å². The number of ketones is 1. The van der Waals surface area contributed by atoms with E-state index in [0.717, 1.165) is 25.0 Å². The van der Waals surface area contributed by atoms with Crippen LogP contribution in [0, 0.1) is 0 Å². The summed E-state index contributed by atoms with van der Waals surface area (Å²) < 4.78 is 15.8. The first-order valence-electron chi connectivity index (χ1n) is 9.86. The van der Waals surface area contributed by atoms with Crippen LogP contribution in [0.15, 0.2) is 0 Å². The van der Waals surface area contributed by atoms with Crippen molar-refractivity contribution in [1.29, 1.82) is 0 Å². The van der Waals surface area contributed by atoms with Crippen molar-refractivity contribution in [2.24, 2.45) is 0 Å². The standard InChI is InChI=1S/C14H26O3S2.C6H10O3/c1-5-12-8-11(3)17-14(4,19-12)9-13(15)16-10(2)6-7-18;1-3-9-6(8)4-5(2)7/h10-12,18H,5-9H2,1-4H3;3-4H2,1-2H3. The van der Waals surface area contributed by atoms with Gasteiger partial charge in [0.05, 0.1) is 25.2 Å². The van der Waals surface area contributed by atoms with Crippen LogP contribution in [-0.4, -0.2) is 52.5 Å². The molecule has 6 nitrogen and oxygen atoms in total. The summed E-state index contributed by atoms with van der Waals surface area (Å²) in [7, 11) is 0. The first kappa shape index (κ1) is 27.3. The first-order chi connectivity index (χ1) is 13.0. The van der Waals surface area contributed by atoms with Gasteiger partial charge in [-0.05, 0) is 59.6 Å². The molecule has 0 aromatic heterocycles. The van der Waals surface area contributed by atoms with E-state index >= 15 is 0 Å². The predicted molar refractivity (Wildman–Crippen MR) is 116 cm³/mol. The fourth-order valence-corrected chi connectivity index (χ4v) is 4.81. The number of carbonyl (C=O) groups is 3. The molecule has 1 heterocycles. The van der Waals surface area contributed by atoms with Crippen LogP contribution in [0.4, 0.5) is 0 Å². The van der Waals surface area contributed by atoms with E-state index in [0.29, 0.717) is 18.3 Å². The Bertz CT molecular complexity index is 499. The maximum absolute atomic E-state index is 12.0. The van der Waals surface area contributed by atoms with Crippen LogP contribution in [0.3, 0.4) is 0 Å². The molecular weight excluding hydrogens is 400 g/mol. The number of hydrogen-bond acceptors (Lipinski definition) is 8. The van der Waals surface area contributed by atoms with Gasteiger partial charge in [0.1, 0.15) is 17.1 Å². The maximum Gasteiger partial charge on any atom is 0.313 e. The number of thioether (sulfide) groups is 1. The molecule has 1 saturated heterocycles. The molecule has 0 spiro atoms. The maximum atomic E-state index is 12.0. The van der Waals surface area contributed by atoms with Crippen molar-refractivity contribution in [3.05, 3.63) is 0 Å². The van der Waals surface area contributed by atoms with Crippen LogP contribution in [0.1, 0.15) is 73.6 Å². The quantitative estimate of drug-likeness (QED) is 0.330. The number of rotatable bonds is 9. The molecule has 8 heteroatoms. The second-order valence-corrected chi connectivity index (χ2v) is 9.33. The van der Waals surface area contributed by atoms with Gasteiger partial charge >= 0.3 is 11.9 Å². The summed E-state index contributed by atoms with van der Waals surface area (Å²) in [4.78, 5) is 32.2. The highest BCUT2D eigenvalue weighted by Gasteiger charge is 2.39. The van der Waals surface area contributed by atoms with Gasteiger partial charge in [0.2, 0.25) is 0 Å². The van der Waals surface area contributed by atoms with Crippen LogP contribution >= 0.6 is 24.4 Å². The van der Waals surface area contributed by atoms with Gasteiger partial charge in [0.25, 0.3) is 0 Å². The molecule has 1 aliphatic heterocycles. The average molecular weight is 437 g/mol. The van der Waals surface area contributed by atoms with Gasteiger partial charge < -0.3 is 14.2 Å². The second kappa shape index (κ2) is 14.3. The fraction of sp³-hybridized carbons (Fsp3) is 0.850. The normalized spacial score (nSPS) is 25.1. The van der Waals surface area contributed by atoms with E-state index in [4.69, 9.17) is 9.47 Å². The lowest BCUT2D eigenvalue weighted by Crippen LogP contribution is -2.40. The summed E-state index contributed by atoms with van der Waals surface area (Å²) in [6, 6.07) is 0. The zero-order chi connectivity index (χ0) is 21.7. The van der Waals surface area contributed by atoms with Crippen molar-refractivity contribution >= 4 is 42.1 Å². The van der Waals surface area contributed by atoms with Gasteiger partial charge in [-0.2, -0.15) is 12.6 Å². The largest absolute Gasteiger partial charge is 0.466 e. The van der Waals surface area contributed by atoms with Gasteiger partial charge in [0.15, 0.2) is 0 Å². The van der Waals surface area contributed by atoms with E-state index in [1.165, 1.54) is 6.92 Å². The van der Waals surface area contributed by atoms with Gasteiger partial charge in [0, 0.05) is 5.25 Å². The molecule has 0 radical (unpaired) electrons. The fourth-order valence-electron chi connectivity index (χ4n) is 2.79. The Kier molecular flexibility index (Phi) is 13.9. The predicted octanol–water partition coefficient (Wildman–Crippen LogP) is 4.19. The number of ether oxygens (including phenoxy) is 3. The van der Waals surface area contributed by atoms with E-state index in [9.17, 15) is 14.4 Å². The van der Waals surface area contributed by atoms with Crippen molar-refractivity contribution in [1.82, 2.24) is 0 Å². The van der Waals surface area contributed by atoms with Crippen molar-refractivity contribution in [2.75, 3.05) is 12.4 Å². The van der Waals surface area contributed by atoms with Crippen LogP contribution in [-0.2, 0) is 28.6 Å². The number of hydrogen-bond donors (Lipinski definition) is 1. The Morgan fingerprint density at radius 1 is 1.29 bits per heavy atom. The molecule has 0 saturated carbocycles. The molecule has 1 fully saturated rings. The molecule has 4 unspecified atom stereocenters. The molecule has 1 aliphatic rings. The zero-order valence-corrected chi connectivity index (χ0v) is 19.7. The molecule has 0 amide bonds. The number of Topliss-reactive ketones (excluding diaryl/α,β-unsaturated/α-hetero) is 1. The van der Waals surface area contributed by atoms with E-state index in [2.05, 4.69) is 31.2 Å². The minimum atomic E-state index is -0.448. The summed E-state index contributed by atoms with van der Waals surface area (Å²) in [5.74, 6) is -0.0435. The minimum absolute atomic E-state index is 0.0680. The molecular formula is C20H36O6S2. The van der Waals surface area contributed by atoms with Crippen molar-refractivity contribution < 1.29 is 28.6 Å². The molecule has 0 aromatic rings. The molecule has 28 heavy (non-hydrogen) atoms. The van der Waals surface area contributed by atoms with Gasteiger partial charge in [-0.15, -0.1) is 11.8 Å². The Morgan fingerprint density at radius 3 is 2.43 bits per heavy atom. The summed E-state index contributed by atoms with van der Waals surface area (Å²) >= 11 is 5.91. The van der Waals surface area contributed by atoms with Crippen LogP contribution in [0.5, 0.6) is 0 Å². The van der Waals surface area contributed by atoms with Crippen LogP contribution < -0.4 is 0 Å². The molecule has 0 aromatic carbocycles. The molecule has 0 aliphatic carbocycles. The highest BCUT2D eigenvalue weighted by Crippen LogP contribution is 2.42. The minimum Gasteiger partial charge on any atom is -0.466 e. The first-order valence-corrected chi connectivity index (χ1v) is 11.4. The second-order valence-electron chi connectivity index (χ2n) is 7.12. The van der Waals surface area contributed by atoms with E-state index in [-0.39, 0.29) is 30.4 Å². The Balaban J connectivity index is 0.000000684. The summed E-state index contributed by atoms with van der Waals surface area (Å²) in [6.07, 6.45) is 3.30. The van der Waals surface area contributed by atoms with Crippen molar-refractivity contribution in [3.8, 4) is 0 Å². The Morgan fingerprint density at radius 2 is 1.93 bits per heavy atom. The number of carbonyl (C=O) groups excluding carboxylic acids is 3.